The second kappa shape index (κ2) is 9.82. The van der Waals surface area contributed by atoms with Gasteiger partial charge in [-0.05, 0) is 37.1 Å². The van der Waals surface area contributed by atoms with Crippen LogP contribution in [-0.2, 0) is 4.74 Å². The highest BCUT2D eigenvalue weighted by Gasteiger charge is 2.30. The fourth-order valence-corrected chi connectivity index (χ4v) is 4.56. The lowest BCUT2D eigenvalue weighted by molar-refractivity contribution is 0.0322. The zero-order chi connectivity index (χ0) is 23.5. The lowest BCUT2D eigenvalue weighted by atomic mass is 10.0. The van der Waals surface area contributed by atoms with E-state index < -0.39 is 6.09 Å². The Morgan fingerprint density at radius 1 is 1.21 bits per heavy atom. The standard InChI is InChI=1S/C23H27FN6O4/c24-16-3-4-19(33-13-10-28-8-11-32-12-9-28)17(14-16)18-2-1-6-29(18)21-5-7-30-22(27-21)20(15-26-30)34-23(25)31/h3-5,7,14-15,18H,1-2,6,8-13H2,(H2,25,31)/t18-/m1/s1. The largest absolute Gasteiger partial charge is 0.492 e. The van der Waals surface area contributed by atoms with Crippen molar-refractivity contribution >= 4 is 17.6 Å². The van der Waals surface area contributed by atoms with Gasteiger partial charge in [0.25, 0.3) is 0 Å². The molecule has 4 heterocycles. The molecule has 0 unspecified atom stereocenters. The van der Waals surface area contributed by atoms with Crippen molar-refractivity contribution in [2.24, 2.45) is 5.73 Å². The molecule has 0 radical (unpaired) electrons. The highest BCUT2D eigenvalue weighted by Crippen LogP contribution is 2.40. The first-order valence-electron chi connectivity index (χ1n) is 11.4. The molecular formula is C23H27FN6O4. The van der Waals surface area contributed by atoms with Crippen LogP contribution in [0.5, 0.6) is 11.5 Å². The van der Waals surface area contributed by atoms with E-state index in [9.17, 15) is 9.18 Å². The van der Waals surface area contributed by atoms with Crippen molar-refractivity contribution in [3.63, 3.8) is 0 Å². The van der Waals surface area contributed by atoms with Crippen molar-refractivity contribution in [1.82, 2.24) is 19.5 Å². The first-order valence-corrected chi connectivity index (χ1v) is 11.4. The number of ether oxygens (including phenoxy) is 3. The quantitative estimate of drug-likeness (QED) is 0.561. The molecule has 2 N–H and O–H groups in total. The molecule has 34 heavy (non-hydrogen) atoms. The summed E-state index contributed by atoms with van der Waals surface area (Å²) in [5.74, 6) is 1.23. The second-order valence-corrected chi connectivity index (χ2v) is 8.32. The van der Waals surface area contributed by atoms with E-state index in [4.69, 9.17) is 19.9 Å². The molecule has 1 aromatic carbocycles. The molecule has 2 fully saturated rings. The monoisotopic (exact) mass is 470 g/mol. The van der Waals surface area contributed by atoms with E-state index in [1.54, 1.807) is 18.3 Å². The number of aromatic nitrogens is 3. The van der Waals surface area contributed by atoms with Crippen LogP contribution in [0.15, 0.2) is 36.7 Å². The van der Waals surface area contributed by atoms with Crippen LogP contribution in [0.1, 0.15) is 24.4 Å². The smallest absolute Gasteiger partial charge is 0.410 e. The first kappa shape index (κ1) is 22.4. The number of primary amides is 1. The Balaban J connectivity index is 1.38. The van der Waals surface area contributed by atoms with E-state index in [0.29, 0.717) is 23.8 Å². The van der Waals surface area contributed by atoms with Gasteiger partial charge < -0.3 is 24.8 Å². The second-order valence-electron chi connectivity index (χ2n) is 8.32. The summed E-state index contributed by atoms with van der Waals surface area (Å²) in [4.78, 5) is 20.3. The van der Waals surface area contributed by atoms with Crippen LogP contribution in [0.3, 0.4) is 0 Å². The van der Waals surface area contributed by atoms with Crippen molar-refractivity contribution in [2.75, 3.05) is 50.9 Å². The number of fused-ring (bicyclic) bond motifs is 1. The minimum atomic E-state index is -0.931. The molecule has 1 amide bonds. The number of hydrogen-bond donors (Lipinski definition) is 1. The molecule has 0 bridgehead atoms. The summed E-state index contributed by atoms with van der Waals surface area (Å²) >= 11 is 0. The van der Waals surface area contributed by atoms with Gasteiger partial charge >= 0.3 is 6.09 Å². The summed E-state index contributed by atoms with van der Waals surface area (Å²) < 4.78 is 32.4. The molecule has 3 aromatic rings. The summed E-state index contributed by atoms with van der Waals surface area (Å²) in [6, 6.07) is 6.41. The third-order valence-electron chi connectivity index (χ3n) is 6.18. The lowest BCUT2D eigenvalue weighted by Gasteiger charge is -2.29. The fraction of sp³-hybridized carbons (Fsp3) is 0.435. The van der Waals surface area contributed by atoms with Crippen molar-refractivity contribution in [2.45, 2.75) is 18.9 Å². The van der Waals surface area contributed by atoms with Gasteiger partial charge in [-0.25, -0.2) is 18.7 Å². The van der Waals surface area contributed by atoms with E-state index in [-0.39, 0.29) is 17.6 Å². The number of hydrogen-bond acceptors (Lipinski definition) is 8. The summed E-state index contributed by atoms with van der Waals surface area (Å²) in [7, 11) is 0. The molecule has 1 atom stereocenters. The van der Waals surface area contributed by atoms with Gasteiger partial charge in [-0.1, -0.05) is 0 Å². The van der Waals surface area contributed by atoms with Crippen molar-refractivity contribution in [1.29, 1.82) is 0 Å². The summed E-state index contributed by atoms with van der Waals surface area (Å²) in [6.45, 7) is 5.30. The van der Waals surface area contributed by atoms with Crippen molar-refractivity contribution in [3.05, 3.63) is 48.0 Å². The zero-order valence-corrected chi connectivity index (χ0v) is 18.7. The molecule has 2 saturated heterocycles. The SMILES string of the molecule is NC(=O)Oc1cnn2ccc(N3CCC[C@@H]3c3cc(F)ccc3OCCN3CCOCC3)nc12. The van der Waals surface area contributed by atoms with Crippen molar-refractivity contribution in [3.8, 4) is 11.5 Å². The molecule has 180 valence electrons. The van der Waals surface area contributed by atoms with Gasteiger partial charge in [0.1, 0.15) is 24.0 Å². The molecule has 2 aromatic heterocycles. The van der Waals surface area contributed by atoms with E-state index in [1.807, 2.05) is 6.07 Å². The highest BCUT2D eigenvalue weighted by atomic mass is 19.1. The lowest BCUT2D eigenvalue weighted by Crippen LogP contribution is -2.38. The highest BCUT2D eigenvalue weighted by molar-refractivity contribution is 5.71. The Kier molecular flexibility index (Phi) is 6.45. The normalized spacial score (nSPS) is 19.0. The Labute approximate surface area is 196 Å². The Morgan fingerprint density at radius 2 is 2.06 bits per heavy atom. The maximum atomic E-state index is 14.3. The van der Waals surface area contributed by atoms with Crippen LogP contribution in [0.2, 0.25) is 0 Å². The van der Waals surface area contributed by atoms with Gasteiger partial charge in [0.15, 0.2) is 5.75 Å². The average Bonchev–Trinajstić information content (AvgIpc) is 3.47. The summed E-state index contributed by atoms with van der Waals surface area (Å²) in [6.07, 6.45) is 3.96. The maximum Gasteiger partial charge on any atom is 0.410 e. The average molecular weight is 471 g/mol. The van der Waals surface area contributed by atoms with E-state index in [0.717, 1.165) is 57.8 Å². The van der Waals surface area contributed by atoms with Crippen LogP contribution < -0.4 is 20.1 Å². The number of nitrogens with two attached hydrogens (primary N) is 1. The topological polar surface area (TPSA) is 107 Å². The zero-order valence-electron chi connectivity index (χ0n) is 18.7. The van der Waals surface area contributed by atoms with Gasteiger partial charge in [-0.3, -0.25) is 4.90 Å². The number of rotatable bonds is 7. The minimum absolute atomic E-state index is 0.104. The molecule has 0 aliphatic carbocycles. The third-order valence-corrected chi connectivity index (χ3v) is 6.18. The third kappa shape index (κ3) is 4.75. The number of amides is 1. The molecule has 5 rings (SSSR count). The van der Waals surface area contributed by atoms with E-state index >= 15 is 0 Å². The first-order chi connectivity index (χ1) is 16.6. The predicted molar refractivity (Wildman–Crippen MR) is 122 cm³/mol. The predicted octanol–water partition coefficient (Wildman–Crippen LogP) is 2.38. The molecular weight excluding hydrogens is 443 g/mol. The Bertz CT molecular complexity index is 1170. The maximum absolute atomic E-state index is 14.3. The molecule has 0 spiro atoms. The van der Waals surface area contributed by atoms with Crippen LogP contribution in [-0.4, -0.2) is 71.6 Å². The number of anilines is 1. The Morgan fingerprint density at radius 3 is 2.88 bits per heavy atom. The van der Waals surface area contributed by atoms with E-state index in [1.165, 1.54) is 16.8 Å². The van der Waals surface area contributed by atoms with E-state index in [2.05, 4.69) is 19.9 Å². The van der Waals surface area contributed by atoms with Gasteiger partial charge in [0, 0.05) is 37.9 Å². The molecule has 2 aliphatic heterocycles. The van der Waals surface area contributed by atoms with Gasteiger partial charge in [-0.2, -0.15) is 5.10 Å². The van der Waals surface area contributed by atoms with Crippen LogP contribution in [0.25, 0.3) is 5.65 Å². The van der Waals surface area contributed by atoms with Crippen LogP contribution in [0.4, 0.5) is 15.0 Å². The number of morpholine rings is 1. The Hall–Kier alpha value is -3.44. The number of nitrogens with zero attached hydrogens (tertiary/aromatic N) is 5. The number of benzene rings is 1. The molecule has 0 saturated carbocycles. The van der Waals surface area contributed by atoms with Crippen LogP contribution in [0, 0.1) is 5.82 Å². The summed E-state index contributed by atoms with van der Waals surface area (Å²) in [5, 5.41) is 4.14. The molecule has 2 aliphatic rings. The minimum Gasteiger partial charge on any atom is -0.492 e. The van der Waals surface area contributed by atoms with Crippen molar-refractivity contribution < 1.29 is 23.4 Å². The summed E-state index contributed by atoms with van der Waals surface area (Å²) in [5.41, 5.74) is 6.33. The number of carbonyl (C=O) groups is 1. The fourth-order valence-electron chi connectivity index (χ4n) is 4.56. The molecule has 10 nitrogen and oxygen atoms in total. The molecule has 11 heteroatoms. The number of halogens is 1. The van der Waals surface area contributed by atoms with Gasteiger partial charge in [0.05, 0.1) is 25.5 Å². The van der Waals surface area contributed by atoms with Crippen LogP contribution >= 0.6 is 0 Å². The van der Waals surface area contributed by atoms with Gasteiger partial charge in [-0.15, -0.1) is 0 Å². The number of carbonyl (C=O) groups excluding carboxylic acids is 1. The van der Waals surface area contributed by atoms with Gasteiger partial charge in [0.2, 0.25) is 5.65 Å².